The van der Waals surface area contributed by atoms with Crippen LogP contribution >= 0.6 is 0 Å². The van der Waals surface area contributed by atoms with Crippen LogP contribution in [0.5, 0.6) is 0 Å². The minimum absolute atomic E-state index is 0.733. The number of nitriles is 1. The summed E-state index contributed by atoms with van der Waals surface area (Å²) in [5.74, 6) is 0. The number of rotatable bonds is 0. The van der Waals surface area contributed by atoms with Crippen molar-refractivity contribution in [3.8, 4) is 6.07 Å². The van der Waals surface area contributed by atoms with Crippen LogP contribution in [0.15, 0.2) is 30.3 Å². The first-order valence-corrected chi connectivity index (χ1v) is 4.53. The minimum atomic E-state index is 0.733. The van der Waals surface area contributed by atoms with Crippen molar-refractivity contribution < 1.29 is 0 Å². The van der Waals surface area contributed by atoms with Crippen LogP contribution in [0.25, 0.3) is 22.9 Å². The van der Waals surface area contributed by atoms with Crippen LogP contribution in [0.3, 0.4) is 0 Å². The van der Waals surface area contributed by atoms with E-state index in [0.717, 1.165) is 16.5 Å². The van der Waals surface area contributed by atoms with Crippen LogP contribution in [0.1, 0.15) is 16.7 Å². The van der Waals surface area contributed by atoms with Crippen molar-refractivity contribution in [2.24, 2.45) is 0 Å². The fourth-order valence-corrected chi connectivity index (χ4v) is 2.01. The van der Waals surface area contributed by atoms with E-state index in [2.05, 4.69) is 30.4 Å². The maximum absolute atomic E-state index is 8.86. The second-order valence-electron chi connectivity index (χ2n) is 3.46. The van der Waals surface area contributed by atoms with Gasteiger partial charge in [-0.1, -0.05) is 30.4 Å². The molecule has 0 spiro atoms. The van der Waals surface area contributed by atoms with Gasteiger partial charge in [-0.15, -0.1) is 0 Å². The van der Waals surface area contributed by atoms with Crippen LogP contribution in [0.4, 0.5) is 0 Å². The highest BCUT2D eigenvalue weighted by Crippen LogP contribution is 2.31. The van der Waals surface area contributed by atoms with Crippen molar-refractivity contribution in [3.63, 3.8) is 0 Å². The summed E-state index contributed by atoms with van der Waals surface area (Å²) in [4.78, 5) is 0. The molecule has 0 fully saturated rings. The summed E-state index contributed by atoms with van der Waals surface area (Å²) in [6.45, 7) is 0. The molecule has 0 aromatic heterocycles. The molecular weight excluding hydrogens is 170 g/mol. The van der Waals surface area contributed by atoms with E-state index >= 15 is 0 Å². The monoisotopic (exact) mass is 177 g/mol. The molecule has 1 aliphatic rings. The Kier molecular flexibility index (Phi) is 1.29. The average Bonchev–Trinajstić information content (AvgIpc) is 2.64. The average molecular weight is 177 g/mol. The molecular formula is C13H7N. The van der Waals surface area contributed by atoms with E-state index in [0.29, 0.717) is 0 Å². The Morgan fingerprint density at radius 3 is 2.71 bits per heavy atom. The van der Waals surface area contributed by atoms with Gasteiger partial charge in [-0.25, -0.2) is 0 Å². The molecule has 2 aromatic rings. The van der Waals surface area contributed by atoms with E-state index in [1.165, 1.54) is 10.9 Å². The third kappa shape index (κ3) is 0.828. The molecule has 1 aliphatic carbocycles. The Labute approximate surface area is 81.9 Å². The topological polar surface area (TPSA) is 23.8 Å². The molecule has 0 saturated carbocycles. The first kappa shape index (κ1) is 7.34. The molecule has 0 saturated heterocycles. The minimum Gasteiger partial charge on any atom is -0.192 e. The largest absolute Gasteiger partial charge is 0.192 e. The maximum atomic E-state index is 8.86. The van der Waals surface area contributed by atoms with Gasteiger partial charge in [0, 0.05) is 0 Å². The number of hydrogen-bond acceptors (Lipinski definition) is 1. The quantitative estimate of drug-likeness (QED) is 0.517. The zero-order valence-electron chi connectivity index (χ0n) is 7.49. The van der Waals surface area contributed by atoms with Gasteiger partial charge in [-0.3, -0.25) is 0 Å². The van der Waals surface area contributed by atoms with E-state index in [9.17, 15) is 0 Å². The van der Waals surface area contributed by atoms with Gasteiger partial charge in [0.25, 0.3) is 0 Å². The lowest BCUT2D eigenvalue weighted by Gasteiger charge is -2.01. The van der Waals surface area contributed by atoms with Gasteiger partial charge in [0.2, 0.25) is 0 Å². The molecule has 64 valence electrons. The van der Waals surface area contributed by atoms with Gasteiger partial charge in [0.1, 0.15) is 0 Å². The van der Waals surface area contributed by atoms with Crippen molar-refractivity contribution in [3.05, 3.63) is 47.0 Å². The molecule has 0 heterocycles. The summed E-state index contributed by atoms with van der Waals surface area (Å²) in [6.07, 6.45) is 4.16. The molecule has 2 aromatic carbocycles. The summed E-state index contributed by atoms with van der Waals surface area (Å²) >= 11 is 0. The van der Waals surface area contributed by atoms with Crippen LogP contribution < -0.4 is 0 Å². The summed E-state index contributed by atoms with van der Waals surface area (Å²) in [5.41, 5.74) is 3.15. The number of nitrogens with zero attached hydrogens (tertiary/aromatic N) is 1. The van der Waals surface area contributed by atoms with E-state index in [1.54, 1.807) is 0 Å². The van der Waals surface area contributed by atoms with Gasteiger partial charge in [0.15, 0.2) is 0 Å². The fraction of sp³-hybridized carbons (Fsp3) is 0. The summed E-state index contributed by atoms with van der Waals surface area (Å²) in [5, 5.41) is 11.3. The molecule has 14 heavy (non-hydrogen) atoms. The van der Waals surface area contributed by atoms with Crippen molar-refractivity contribution in [1.82, 2.24) is 0 Å². The summed E-state index contributed by atoms with van der Waals surface area (Å²) in [6, 6.07) is 12.2. The molecule has 0 amide bonds. The zero-order valence-corrected chi connectivity index (χ0v) is 7.49. The lowest BCUT2D eigenvalue weighted by atomic mass is 10.0. The van der Waals surface area contributed by atoms with E-state index in [4.69, 9.17) is 5.26 Å². The lowest BCUT2D eigenvalue weighted by molar-refractivity contribution is 1.49. The van der Waals surface area contributed by atoms with Gasteiger partial charge >= 0.3 is 0 Å². The first-order valence-electron chi connectivity index (χ1n) is 4.53. The van der Waals surface area contributed by atoms with Gasteiger partial charge in [-0.05, 0) is 34.0 Å². The van der Waals surface area contributed by atoms with E-state index in [-0.39, 0.29) is 0 Å². The zero-order chi connectivity index (χ0) is 9.54. The molecule has 0 aliphatic heterocycles. The molecule has 1 nitrogen and oxygen atoms in total. The molecule has 0 unspecified atom stereocenters. The predicted molar refractivity (Wildman–Crippen MR) is 57.6 cm³/mol. The van der Waals surface area contributed by atoms with Crippen molar-refractivity contribution in [2.75, 3.05) is 0 Å². The maximum Gasteiger partial charge on any atom is 0.0992 e. The smallest absolute Gasteiger partial charge is 0.0992 e. The molecule has 0 bridgehead atoms. The lowest BCUT2D eigenvalue weighted by Crippen LogP contribution is -1.81. The van der Waals surface area contributed by atoms with Crippen LogP contribution in [0, 0.1) is 11.3 Å². The highest BCUT2D eigenvalue weighted by atomic mass is 14.2. The number of hydrogen-bond donors (Lipinski definition) is 0. The third-order valence-electron chi connectivity index (χ3n) is 2.61. The van der Waals surface area contributed by atoms with Crippen LogP contribution in [-0.2, 0) is 0 Å². The molecule has 3 rings (SSSR count). The summed E-state index contributed by atoms with van der Waals surface area (Å²) in [7, 11) is 0. The normalized spacial score (nSPS) is 11.9. The highest BCUT2D eigenvalue weighted by Gasteiger charge is 2.09. The van der Waals surface area contributed by atoms with Gasteiger partial charge in [-0.2, -0.15) is 5.26 Å². The summed E-state index contributed by atoms with van der Waals surface area (Å²) < 4.78 is 0. The Morgan fingerprint density at radius 2 is 1.86 bits per heavy atom. The van der Waals surface area contributed by atoms with Crippen LogP contribution in [-0.4, -0.2) is 0 Å². The molecule has 1 heteroatoms. The highest BCUT2D eigenvalue weighted by molar-refractivity contribution is 6.05. The fourth-order valence-electron chi connectivity index (χ4n) is 2.01. The second-order valence-corrected chi connectivity index (χ2v) is 3.46. The van der Waals surface area contributed by atoms with E-state index < -0.39 is 0 Å². The van der Waals surface area contributed by atoms with Gasteiger partial charge < -0.3 is 0 Å². The first-order chi connectivity index (χ1) is 6.88. The van der Waals surface area contributed by atoms with Gasteiger partial charge in [0.05, 0.1) is 11.6 Å². The number of benzene rings is 2. The molecule has 0 N–H and O–H groups in total. The van der Waals surface area contributed by atoms with Crippen LogP contribution in [0.2, 0.25) is 0 Å². The SMILES string of the molecule is N#Cc1cc2c3c(cccc3c1)C=C2. The molecule has 0 radical (unpaired) electrons. The van der Waals surface area contributed by atoms with Crippen molar-refractivity contribution in [1.29, 1.82) is 5.26 Å². The molecule has 0 atom stereocenters. The van der Waals surface area contributed by atoms with Crippen molar-refractivity contribution in [2.45, 2.75) is 0 Å². The Bertz CT molecular complexity index is 600. The second kappa shape index (κ2) is 2.46. The Morgan fingerprint density at radius 1 is 1.00 bits per heavy atom. The predicted octanol–water partition coefficient (Wildman–Crippen LogP) is 3.20. The third-order valence-corrected chi connectivity index (χ3v) is 2.61. The Balaban J connectivity index is 2.54. The van der Waals surface area contributed by atoms with E-state index in [1.807, 2.05) is 18.2 Å². The standard InChI is InChI=1S/C13H7N/c14-8-9-6-11-3-1-2-10-4-5-12(7-9)13(10)11/h1-7H. The Hall–Kier alpha value is -2.07. The van der Waals surface area contributed by atoms with Crippen molar-refractivity contribution >= 4 is 22.9 Å².